The Labute approximate surface area is 248 Å². The zero-order chi connectivity index (χ0) is 29.3. The molecular formula is C32H28N4O4S2. The van der Waals surface area contributed by atoms with Crippen molar-refractivity contribution < 1.29 is 18.0 Å². The van der Waals surface area contributed by atoms with Gasteiger partial charge in [0.15, 0.2) is 0 Å². The number of carbonyl (C=O) groups is 2. The Morgan fingerprint density at radius 3 is 2.62 bits per heavy atom. The Bertz CT molecular complexity index is 1860. The highest BCUT2D eigenvalue weighted by Crippen LogP contribution is 2.36. The maximum atomic E-state index is 13.3. The van der Waals surface area contributed by atoms with Gasteiger partial charge in [0.05, 0.1) is 27.6 Å². The number of rotatable bonds is 6. The predicted octanol–water partition coefficient (Wildman–Crippen LogP) is 4.89. The third kappa shape index (κ3) is 5.46. The van der Waals surface area contributed by atoms with Crippen molar-refractivity contribution in [3.63, 3.8) is 0 Å². The number of benzene rings is 3. The Hall–Kier alpha value is -4.30. The second-order valence-corrected chi connectivity index (χ2v) is 13.2. The third-order valence-corrected chi connectivity index (χ3v) is 10.4. The van der Waals surface area contributed by atoms with Crippen molar-refractivity contribution in [3.05, 3.63) is 94.0 Å². The Balaban J connectivity index is 1.12. The molecule has 6 rings (SSSR count). The number of nitrogens with zero attached hydrogens (tertiary/aromatic N) is 2. The summed E-state index contributed by atoms with van der Waals surface area (Å²) in [6.45, 7) is 5.29. The molecule has 0 bridgehead atoms. The van der Waals surface area contributed by atoms with Gasteiger partial charge in [0.1, 0.15) is 5.01 Å². The Morgan fingerprint density at radius 2 is 1.86 bits per heavy atom. The summed E-state index contributed by atoms with van der Waals surface area (Å²) in [6.07, 6.45) is 3.90. The van der Waals surface area contributed by atoms with E-state index < -0.39 is 15.7 Å². The number of fused-ring (bicyclic) bond motifs is 2. The molecule has 0 spiro atoms. The maximum Gasteiger partial charge on any atom is 0.257 e. The topological polar surface area (TPSA) is 108 Å². The van der Waals surface area contributed by atoms with E-state index in [0.29, 0.717) is 5.56 Å². The summed E-state index contributed by atoms with van der Waals surface area (Å²) < 4.78 is 26.7. The highest BCUT2D eigenvalue weighted by atomic mass is 32.2. The number of anilines is 1. The fraction of sp³-hybridized carbons (Fsp3) is 0.219. The number of hydrogen-bond donors (Lipinski definition) is 2. The molecule has 3 heterocycles. The van der Waals surface area contributed by atoms with Crippen LogP contribution in [-0.4, -0.2) is 49.8 Å². The molecule has 8 nitrogen and oxygen atoms in total. The van der Waals surface area contributed by atoms with Crippen molar-refractivity contribution >= 4 is 38.7 Å². The van der Waals surface area contributed by atoms with E-state index in [9.17, 15) is 18.0 Å². The molecule has 3 aromatic carbocycles. The van der Waals surface area contributed by atoms with E-state index >= 15 is 0 Å². The summed E-state index contributed by atoms with van der Waals surface area (Å²) in [7, 11) is -3.96. The molecule has 2 amide bonds. The minimum Gasteiger partial charge on any atom is -0.347 e. The number of hydrogen-bond acceptors (Lipinski definition) is 7. The number of thiazole rings is 1. The van der Waals surface area contributed by atoms with Crippen molar-refractivity contribution in [1.29, 1.82) is 0 Å². The van der Waals surface area contributed by atoms with E-state index in [2.05, 4.69) is 32.4 Å². The Morgan fingerprint density at radius 1 is 1.07 bits per heavy atom. The second-order valence-electron chi connectivity index (χ2n) is 10.2. The minimum absolute atomic E-state index is 0.0365. The normalized spacial score (nSPS) is 15.2. The molecular weight excluding hydrogens is 569 g/mol. The molecule has 4 aromatic rings. The fourth-order valence-corrected chi connectivity index (χ4v) is 7.49. The van der Waals surface area contributed by atoms with E-state index in [0.717, 1.165) is 34.0 Å². The van der Waals surface area contributed by atoms with Crippen LogP contribution in [0.15, 0.2) is 76.7 Å². The average Bonchev–Trinajstić information content (AvgIpc) is 3.42. The molecule has 2 aliphatic rings. The quantitative estimate of drug-likeness (QED) is 0.307. The summed E-state index contributed by atoms with van der Waals surface area (Å²) in [5, 5.41) is 6.44. The van der Waals surface area contributed by atoms with Gasteiger partial charge in [-0.3, -0.25) is 9.59 Å². The van der Waals surface area contributed by atoms with Crippen LogP contribution in [0.25, 0.3) is 10.6 Å². The zero-order valence-electron chi connectivity index (χ0n) is 22.9. The molecule has 10 heteroatoms. The molecule has 2 N–H and O–H groups in total. The summed E-state index contributed by atoms with van der Waals surface area (Å²) in [6, 6.07) is 16.9. The van der Waals surface area contributed by atoms with Crippen LogP contribution in [0.2, 0.25) is 0 Å². The molecule has 0 radical (unpaired) electrons. The van der Waals surface area contributed by atoms with Crippen LogP contribution in [0.4, 0.5) is 5.69 Å². The van der Waals surface area contributed by atoms with Gasteiger partial charge in [-0.05, 0) is 68.4 Å². The molecule has 212 valence electrons. The van der Waals surface area contributed by atoms with Gasteiger partial charge >= 0.3 is 0 Å². The average molecular weight is 597 g/mol. The number of nitrogens with one attached hydrogen (secondary N) is 2. The highest BCUT2D eigenvalue weighted by molar-refractivity contribution is 7.91. The lowest BCUT2D eigenvalue weighted by atomic mass is 10.1. The lowest BCUT2D eigenvalue weighted by Crippen LogP contribution is -2.37. The maximum absolute atomic E-state index is 13.3. The van der Waals surface area contributed by atoms with E-state index in [1.807, 2.05) is 24.3 Å². The van der Waals surface area contributed by atoms with Crippen molar-refractivity contribution in [2.24, 2.45) is 0 Å². The smallest absolute Gasteiger partial charge is 0.257 e. The van der Waals surface area contributed by atoms with Crippen molar-refractivity contribution in [1.82, 2.24) is 15.2 Å². The lowest BCUT2D eigenvalue weighted by Gasteiger charge is -2.29. The first kappa shape index (κ1) is 27.8. The van der Waals surface area contributed by atoms with Gasteiger partial charge in [-0.1, -0.05) is 36.1 Å². The SMILES string of the molecule is Cc1c(C(=O)NCc2cnc(-c3ccc(C#CCCN4CCC4)cc3)s2)ccc2c1NC(=O)c1ccccc1S2(=O)=O. The first-order chi connectivity index (χ1) is 20.3. The molecule has 42 heavy (non-hydrogen) atoms. The van der Waals surface area contributed by atoms with Gasteiger partial charge in [-0.25, -0.2) is 13.4 Å². The first-order valence-electron chi connectivity index (χ1n) is 13.6. The van der Waals surface area contributed by atoms with Crippen LogP contribution in [0, 0.1) is 18.8 Å². The van der Waals surface area contributed by atoms with Crippen molar-refractivity contribution in [3.8, 4) is 22.4 Å². The van der Waals surface area contributed by atoms with Gasteiger partial charge in [-0.2, -0.15) is 0 Å². The largest absolute Gasteiger partial charge is 0.347 e. The third-order valence-electron chi connectivity index (χ3n) is 7.46. The summed E-state index contributed by atoms with van der Waals surface area (Å²) >= 11 is 1.48. The predicted molar refractivity (Wildman–Crippen MR) is 162 cm³/mol. The number of carbonyl (C=O) groups excluding carboxylic acids is 2. The van der Waals surface area contributed by atoms with Crippen LogP contribution < -0.4 is 10.6 Å². The first-order valence-corrected chi connectivity index (χ1v) is 15.9. The van der Waals surface area contributed by atoms with Gasteiger partial charge in [-0.15, -0.1) is 11.3 Å². The summed E-state index contributed by atoms with van der Waals surface area (Å²) in [5.41, 5.74) is 2.79. The number of aromatic nitrogens is 1. The van der Waals surface area contributed by atoms with Crippen molar-refractivity contribution in [2.45, 2.75) is 36.1 Å². The van der Waals surface area contributed by atoms with Crippen LogP contribution in [0.1, 0.15) is 49.6 Å². The number of sulfone groups is 1. The highest BCUT2D eigenvalue weighted by Gasteiger charge is 2.33. The summed E-state index contributed by atoms with van der Waals surface area (Å²) in [5.74, 6) is 5.55. The Kier molecular flexibility index (Phi) is 7.64. The van der Waals surface area contributed by atoms with Gasteiger partial charge in [0, 0.05) is 40.7 Å². The molecule has 0 saturated carbocycles. The van der Waals surface area contributed by atoms with Crippen LogP contribution >= 0.6 is 11.3 Å². The molecule has 0 unspecified atom stereocenters. The monoisotopic (exact) mass is 596 g/mol. The van der Waals surface area contributed by atoms with Crippen LogP contribution in [0.5, 0.6) is 0 Å². The minimum atomic E-state index is -3.96. The molecule has 0 atom stereocenters. The number of likely N-dealkylation sites (tertiary alicyclic amines) is 1. The van der Waals surface area contributed by atoms with Gasteiger partial charge in [0.2, 0.25) is 9.84 Å². The number of amides is 2. The molecule has 1 saturated heterocycles. The van der Waals surface area contributed by atoms with E-state index in [1.165, 1.54) is 55.1 Å². The fourth-order valence-electron chi connectivity index (χ4n) is 4.97. The van der Waals surface area contributed by atoms with Crippen LogP contribution in [-0.2, 0) is 16.4 Å². The van der Waals surface area contributed by atoms with Gasteiger partial charge < -0.3 is 15.5 Å². The zero-order valence-corrected chi connectivity index (χ0v) is 24.6. The van der Waals surface area contributed by atoms with E-state index in [1.54, 1.807) is 25.3 Å². The van der Waals surface area contributed by atoms with Crippen LogP contribution in [0.3, 0.4) is 0 Å². The van der Waals surface area contributed by atoms with Crippen molar-refractivity contribution in [2.75, 3.05) is 25.0 Å². The van der Waals surface area contributed by atoms with Gasteiger partial charge in [0.25, 0.3) is 11.8 Å². The lowest BCUT2D eigenvalue weighted by molar-refractivity contribution is 0.0949. The molecule has 2 aliphatic heterocycles. The second kappa shape index (κ2) is 11.5. The molecule has 1 fully saturated rings. The van der Waals surface area contributed by atoms with E-state index in [4.69, 9.17) is 0 Å². The van der Waals surface area contributed by atoms with E-state index in [-0.39, 0.29) is 39.1 Å². The standard InChI is InChI=1S/C32H28N4O4S2/c1-21-25(14-15-28-29(21)35-31(38)26-8-2-3-9-27(26)42(28,39)40)30(37)33-19-24-20-34-32(41-24)23-12-10-22(11-13-23)7-4-5-16-36-17-6-18-36/h2-3,8-15,20H,5-6,16-19H2,1H3,(H,33,37)(H,35,38). The molecule has 0 aliphatic carbocycles. The summed E-state index contributed by atoms with van der Waals surface area (Å²) in [4.78, 5) is 33.7. The molecule has 1 aromatic heterocycles.